The second-order valence-corrected chi connectivity index (χ2v) is 7.44. The van der Waals surface area contributed by atoms with E-state index in [0.717, 1.165) is 37.1 Å². The predicted octanol–water partition coefficient (Wildman–Crippen LogP) is 3.93. The predicted molar refractivity (Wildman–Crippen MR) is 105 cm³/mol. The highest BCUT2D eigenvalue weighted by Gasteiger charge is 2.45. The number of morpholine rings is 1. The van der Waals surface area contributed by atoms with Crippen LogP contribution in [0.1, 0.15) is 42.6 Å². The van der Waals surface area contributed by atoms with Gasteiger partial charge in [0.1, 0.15) is 18.0 Å². The van der Waals surface area contributed by atoms with E-state index in [1.165, 1.54) is 11.1 Å². The van der Waals surface area contributed by atoms with E-state index in [1.54, 1.807) is 7.11 Å². The molecule has 4 rings (SSSR count). The number of amides is 1. The zero-order valence-corrected chi connectivity index (χ0v) is 16.1. The van der Waals surface area contributed by atoms with Crippen LogP contribution >= 0.6 is 0 Å². The largest absolute Gasteiger partial charge is 0.497 e. The Morgan fingerprint density at radius 1 is 1.19 bits per heavy atom. The summed E-state index contributed by atoms with van der Waals surface area (Å²) in [5.74, 6) is 0.977. The Balaban J connectivity index is 1.68. The molecule has 4 heteroatoms. The van der Waals surface area contributed by atoms with Crippen LogP contribution in [-0.2, 0) is 22.4 Å². The van der Waals surface area contributed by atoms with E-state index in [1.807, 2.05) is 24.3 Å². The average molecular weight is 365 g/mol. The number of hydrogen-bond acceptors (Lipinski definition) is 3. The molecule has 0 radical (unpaired) electrons. The monoisotopic (exact) mass is 365 g/mol. The summed E-state index contributed by atoms with van der Waals surface area (Å²) in [7, 11) is 1.69. The van der Waals surface area contributed by atoms with E-state index in [0.29, 0.717) is 6.42 Å². The van der Waals surface area contributed by atoms with Gasteiger partial charge >= 0.3 is 0 Å². The molecule has 0 N–H and O–H groups in total. The van der Waals surface area contributed by atoms with E-state index < -0.39 is 6.10 Å². The highest BCUT2D eigenvalue weighted by atomic mass is 16.5. The maximum Gasteiger partial charge on any atom is 0.252 e. The van der Waals surface area contributed by atoms with Gasteiger partial charge in [-0.1, -0.05) is 43.3 Å². The van der Waals surface area contributed by atoms with Gasteiger partial charge in [0.2, 0.25) is 0 Å². The summed E-state index contributed by atoms with van der Waals surface area (Å²) in [6, 6.07) is 16.5. The fraction of sp³-hybridized carbons (Fsp3) is 0.435. The number of ether oxygens (including phenoxy) is 2. The summed E-state index contributed by atoms with van der Waals surface area (Å²) in [6.45, 7) is 2.91. The number of benzene rings is 2. The Morgan fingerprint density at radius 3 is 2.74 bits per heavy atom. The first kappa shape index (κ1) is 18.1. The Bertz CT molecular complexity index is 805. The number of nitrogens with zero attached hydrogens (tertiary/aromatic N) is 1. The van der Waals surface area contributed by atoms with E-state index >= 15 is 0 Å². The first-order valence-corrected chi connectivity index (χ1v) is 9.88. The van der Waals surface area contributed by atoms with Crippen LogP contribution in [0.2, 0.25) is 0 Å². The van der Waals surface area contributed by atoms with Gasteiger partial charge in [-0.3, -0.25) is 4.79 Å². The van der Waals surface area contributed by atoms with Gasteiger partial charge in [0.15, 0.2) is 0 Å². The molecular formula is C23H27NO3. The van der Waals surface area contributed by atoms with Crippen molar-refractivity contribution in [2.24, 2.45) is 0 Å². The highest BCUT2D eigenvalue weighted by molar-refractivity contribution is 5.82. The maximum absolute atomic E-state index is 13.2. The standard InChI is InChI=1S/C23H27NO3/c1-3-13-24-20-12-10-17-9-11-18(26-2)15-19(17)22(20)27-21(23(24)25)14-16-7-5-4-6-8-16/h4-9,11,15,20-22H,3,10,12-14H2,1-2H3. The molecule has 1 saturated heterocycles. The number of fused-ring (bicyclic) bond motifs is 3. The third-order valence-corrected chi connectivity index (χ3v) is 5.72. The van der Waals surface area contributed by atoms with E-state index in [9.17, 15) is 4.79 Å². The van der Waals surface area contributed by atoms with Gasteiger partial charge < -0.3 is 14.4 Å². The van der Waals surface area contributed by atoms with Gasteiger partial charge in [0, 0.05) is 13.0 Å². The van der Waals surface area contributed by atoms with E-state index in [2.05, 4.69) is 36.1 Å². The Hall–Kier alpha value is -2.33. The molecule has 3 atom stereocenters. The van der Waals surface area contributed by atoms with Gasteiger partial charge in [-0.05, 0) is 48.1 Å². The molecule has 2 aromatic carbocycles. The zero-order chi connectivity index (χ0) is 18.8. The Kier molecular flexibility index (Phi) is 5.17. The summed E-state index contributed by atoms with van der Waals surface area (Å²) < 4.78 is 11.9. The molecule has 3 unspecified atom stereocenters. The topological polar surface area (TPSA) is 38.8 Å². The minimum absolute atomic E-state index is 0.0817. The second kappa shape index (κ2) is 7.73. The summed E-state index contributed by atoms with van der Waals surface area (Å²) in [5.41, 5.74) is 3.62. The summed E-state index contributed by atoms with van der Waals surface area (Å²) in [4.78, 5) is 15.3. The minimum Gasteiger partial charge on any atom is -0.497 e. The van der Waals surface area contributed by atoms with Crippen LogP contribution in [0.15, 0.2) is 48.5 Å². The number of hydrogen-bond donors (Lipinski definition) is 0. The molecule has 1 fully saturated rings. The molecule has 4 nitrogen and oxygen atoms in total. The zero-order valence-electron chi connectivity index (χ0n) is 16.1. The van der Waals surface area contributed by atoms with Crippen molar-refractivity contribution in [2.45, 2.75) is 50.9 Å². The molecular weight excluding hydrogens is 338 g/mol. The van der Waals surface area contributed by atoms with Gasteiger partial charge in [0.05, 0.1) is 13.2 Å². The van der Waals surface area contributed by atoms with Gasteiger partial charge in [-0.2, -0.15) is 0 Å². The highest BCUT2D eigenvalue weighted by Crippen LogP contribution is 2.41. The molecule has 1 amide bonds. The number of aryl methyl sites for hydroxylation is 1. The van der Waals surface area contributed by atoms with Gasteiger partial charge in [0.25, 0.3) is 5.91 Å². The van der Waals surface area contributed by atoms with Crippen LogP contribution < -0.4 is 4.74 Å². The molecule has 0 spiro atoms. The lowest BCUT2D eigenvalue weighted by Gasteiger charge is -2.47. The fourth-order valence-corrected chi connectivity index (χ4v) is 4.40. The molecule has 1 heterocycles. The lowest BCUT2D eigenvalue weighted by molar-refractivity contribution is -0.175. The average Bonchev–Trinajstić information content (AvgIpc) is 2.71. The van der Waals surface area contributed by atoms with Gasteiger partial charge in [-0.25, -0.2) is 0 Å². The molecule has 2 aromatic rings. The molecule has 27 heavy (non-hydrogen) atoms. The molecule has 0 saturated carbocycles. The second-order valence-electron chi connectivity index (χ2n) is 7.44. The van der Waals surface area contributed by atoms with Crippen molar-refractivity contribution in [3.63, 3.8) is 0 Å². The number of methoxy groups -OCH3 is 1. The molecule has 1 aliphatic heterocycles. The molecule has 1 aliphatic carbocycles. The van der Waals surface area contributed by atoms with Gasteiger partial charge in [-0.15, -0.1) is 0 Å². The maximum atomic E-state index is 13.2. The summed E-state index contributed by atoms with van der Waals surface area (Å²) in [6.07, 6.45) is 2.98. The first-order chi connectivity index (χ1) is 13.2. The fourth-order valence-electron chi connectivity index (χ4n) is 4.40. The van der Waals surface area contributed by atoms with Crippen LogP contribution in [0.25, 0.3) is 0 Å². The molecule has 0 bridgehead atoms. The lowest BCUT2D eigenvalue weighted by atomic mass is 9.83. The van der Waals surface area contributed by atoms with Crippen molar-refractivity contribution < 1.29 is 14.3 Å². The van der Waals surface area contributed by atoms with Crippen LogP contribution in [-0.4, -0.2) is 36.6 Å². The molecule has 2 aliphatic rings. The van der Waals surface area contributed by atoms with Crippen molar-refractivity contribution in [3.8, 4) is 5.75 Å². The van der Waals surface area contributed by atoms with Crippen LogP contribution in [0.4, 0.5) is 0 Å². The van der Waals surface area contributed by atoms with Crippen molar-refractivity contribution in [2.75, 3.05) is 13.7 Å². The van der Waals surface area contributed by atoms with E-state index in [-0.39, 0.29) is 18.1 Å². The van der Waals surface area contributed by atoms with Crippen LogP contribution in [0, 0.1) is 0 Å². The van der Waals surface area contributed by atoms with Crippen molar-refractivity contribution in [1.82, 2.24) is 4.90 Å². The Morgan fingerprint density at radius 2 is 2.00 bits per heavy atom. The SMILES string of the molecule is CCCN1C(=O)C(Cc2ccccc2)OC2c3cc(OC)ccc3CCC21. The number of carbonyl (C=O) groups excluding carboxylic acids is 1. The lowest BCUT2D eigenvalue weighted by Crippen LogP contribution is -2.57. The van der Waals surface area contributed by atoms with Crippen molar-refractivity contribution >= 4 is 5.91 Å². The quantitative estimate of drug-likeness (QED) is 0.806. The smallest absolute Gasteiger partial charge is 0.252 e. The van der Waals surface area contributed by atoms with Crippen LogP contribution in [0.5, 0.6) is 5.75 Å². The van der Waals surface area contributed by atoms with Crippen LogP contribution in [0.3, 0.4) is 0 Å². The first-order valence-electron chi connectivity index (χ1n) is 9.88. The summed E-state index contributed by atoms with van der Waals surface area (Å²) in [5, 5.41) is 0. The molecule has 142 valence electrons. The molecule has 0 aromatic heterocycles. The third-order valence-electron chi connectivity index (χ3n) is 5.72. The Labute approximate surface area is 161 Å². The number of carbonyl (C=O) groups is 1. The third kappa shape index (κ3) is 3.46. The van der Waals surface area contributed by atoms with Crippen molar-refractivity contribution in [3.05, 3.63) is 65.2 Å². The van der Waals surface area contributed by atoms with E-state index in [4.69, 9.17) is 9.47 Å². The van der Waals surface area contributed by atoms with Crippen molar-refractivity contribution in [1.29, 1.82) is 0 Å². The number of rotatable bonds is 5. The normalized spacial score (nSPS) is 24.3. The summed E-state index contributed by atoms with van der Waals surface area (Å²) >= 11 is 0. The minimum atomic E-state index is -0.433.